The highest BCUT2D eigenvalue weighted by Crippen LogP contribution is 2.41. The smallest absolute Gasteiger partial charge is 0.335 e. The van der Waals surface area contributed by atoms with Gasteiger partial charge in [-0.1, -0.05) is 18.2 Å². The van der Waals surface area contributed by atoms with E-state index in [0.29, 0.717) is 24.5 Å². The summed E-state index contributed by atoms with van der Waals surface area (Å²) in [5, 5.41) is 3.50. The van der Waals surface area contributed by atoms with Crippen LogP contribution in [0.25, 0.3) is 0 Å². The minimum atomic E-state index is -0.259. The van der Waals surface area contributed by atoms with Crippen molar-refractivity contribution in [3.05, 3.63) is 70.4 Å². The van der Waals surface area contributed by atoms with Gasteiger partial charge in [0.15, 0.2) is 0 Å². The van der Waals surface area contributed by atoms with Crippen LogP contribution in [0.5, 0.6) is 0 Å². The molecule has 172 valence electrons. The van der Waals surface area contributed by atoms with Crippen LogP contribution in [0, 0.1) is 0 Å². The molecule has 5 rings (SSSR count). The SMILES string of the molecule is COC(=O)C1=C(NC[C@@H]2CCCc3cc(N(C)c4ccc(C5CC5)cc4)ccc32)C=NCC1. The van der Waals surface area contributed by atoms with Crippen molar-refractivity contribution in [3.8, 4) is 0 Å². The number of hydrogen-bond donors (Lipinski definition) is 1. The molecule has 1 saturated carbocycles. The van der Waals surface area contributed by atoms with E-state index in [-0.39, 0.29) is 5.97 Å². The highest BCUT2D eigenvalue weighted by molar-refractivity contribution is 5.97. The number of dihydropyridines is 1. The molecule has 0 saturated heterocycles. The Balaban J connectivity index is 1.30. The molecule has 1 atom stereocenters. The number of carbonyl (C=O) groups is 1. The van der Waals surface area contributed by atoms with Crippen molar-refractivity contribution in [1.29, 1.82) is 0 Å². The Hall–Kier alpha value is -3.08. The highest BCUT2D eigenvalue weighted by Gasteiger charge is 2.24. The molecular formula is C28H33N3O2. The zero-order valence-electron chi connectivity index (χ0n) is 19.6. The van der Waals surface area contributed by atoms with Crippen molar-refractivity contribution >= 4 is 23.6 Å². The minimum Gasteiger partial charge on any atom is -0.466 e. The summed E-state index contributed by atoms with van der Waals surface area (Å²) >= 11 is 0. The second-order valence-electron chi connectivity index (χ2n) is 9.45. The summed E-state index contributed by atoms with van der Waals surface area (Å²) in [6.07, 6.45) is 8.53. The van der Waals surface area contributed by atoms with Gasteiger partial charge in [-0.05, 0) is 79.0 Å². The molecular weight excluding hydrogens is 410 g/mol. The van der Waals surface area contributed by atoms with Crippen LogP contribution in [0.15, 0.2) is 58.7 Å². The maximum absolute atomic E-state index is 12.1. The molecule has 1 N–H and O–H groups in total. The Morgan fingerprint density at radius 3 is 2.64 bits per heavy atom. The topological polar surface area (TPSA) is 53.9 Å². The first-order chi connectivity index (χ1) is 16.1. The first kappa shape index (κ1) is 21.7. The Morgan fingerprint density at radius 1 is 1.09 bits per heavy atom. The van der Waals surface area contributed by atoms with Crippen LogP contribution in [0.4, 0.5) is 11.4 Å². The number of rotatable bonds is 7. The molecule has 0 amide bonds. The van der Waals surface area contributed by atoms with E-state index >= 15 is 0 Å². The lowest BCUT2D eigenvalue weighted by atomic mass is 9.82. The molecule has 5 nitrogen and oxygen atoms in total. The Kier molecular flexibility index (Phi) is 6.21. The lowest BCUT2D eigenvalue weighted by molar-refractivity contribution is -0.136. The van der Waals surface area contributed by atoms with E-state index in [0.717, 1.165) is 31.0 Å². The summed E-state index contributed by atoms with van der Waals surface area (Å²) in [5.74, 6) is 0.955. The van der Waals surface area contributed by atoms with E-state index in [9.17, 15) is 4.79 Å². The number of carbonyl (C=O) groups excluding carboxylic acids is 1. The van der Waals surface area contributed by atoms with Gasteiger partial charge >= 0.3 is 5.97 Å². The number of allylic oxidation sites excluding steroid dienone is 1. The molecule has 0 spiro atoms. The molecule has 0 unspecified atom stereocenters. The third-order valence-corrected chi connectivity index (χ3v) is 7.29. The number of benzene rings is 2. The molecule has 2 aliphatic carbocycles. The Labute approximate surface area is 196 Å². The number of aryl methyl sites for hydroxylation is 1. The van der Waals surface area contributed by atoms with Crippen molar-refractivity contribution in [3.63, 3.8) is 0 Å². The van der Waals surface area contributed by atoms with E-state index in [1.165, 1.54) is 54.4 Å². The van der Waals surface area contributed by atoms with Gasteiger partial charge in [-0.25, -0.2) is 4.79 Å². The fourth-order valence-electron chi connectivity index (χ4n) is 5.12. The van der Waals surface area contributed by atoms with Gasteiger partial charge in [-0.3, -0.25) is 4.99 Å². The molecule has 33 heavy (non-hydrogen) atoms. The van der Waals surface area contributed by atoms with Crippen molar-refractivity contribution in [2.75, 3.05) is 32.1 Å². The standard InChI is InChI=1S/C28H33N3O2/c1-31(23-10-8-20(9-11-23)19-6-7-19)24-12-13-25-21(16-24)4-3-5-22(25)17-30-27-18-29-15-14-26(27)28(32)33-2/h8-13,16,18-19,22,30H,3-7,14-15,17H2,1-2H3/t22-/m0/s1. The zero-order valence-corrected chi connectivity index (χ0v) is 19.6. The predicted molar refractivity (Wildman–Crippen MR) is 134 cm³/mol. The lowest BCUT2D eigenvalue weighted by Crippen LogP contribution is -2.28. The maximum Gasteiger partial charge on any atom is 0.335 e. The van der Waals surface area contributed by atoms with Crippen LogP contribution in [0.1, 0.15) is 60.6 Å². The summed E-state index contributed by atoms with van der Waals surface area (Å²) in [5.41, 5.74) is 8.30. The number of fused-ring (bicyclic) bond motifs is 1. The number of nitrogens with zero attached hydrogens (tertiary/aromatic N) is 2. The number of aliphatic imine (C=N–C) groups is 1. The summed E-state index contributed by atoms with van der Waals surface area (Å²) in [4.78, 5) is 18.7. The number of methoxy groups -OCH3 is 1. The van der Waals surface area contributed by atoms with Gasteiger partial charge in [0.25, 0.3) is 0 Å². The molecule has 1 aliphatic heterocycles. The molecule has 3 aliphatic rings. The summed E-state index contributed by atoms with van der Waals surface area (Å²) in [7, 11) is 3.59. The molecule has 5 heteroatoms. The summed E-state index contributed by atoms with van der Waals surface area (Å²) < 4.78 is 4.96. The average Bonchev–Trinajstić information content (AvgIpc) is 3.72. The fraction of sp³-hybridized carbons (Fsp3) is 0.429. The predicted octanol–water partition coefficient (Wildman–Crippen LogP) is 5.24. The van der Waals surface area contributed by atoms with Crippen molar-refractivity contribution < 1.29 is 9.53 Å². The van der Waals surface area contributed by atoms with Crippen molar-refractivity contribution in [1.82, 2.24) is 5.32 Å². The molecule has 2 aromatic rings. The van der Waals surface area contributed by atoms with Crippen LogP contribution in [0.2, 0.25) is 0 Å². The van der Waals surface area contributed by atoms with E-state index < -0.39 is 0 Å². The van der Waals surface area contributed by atoms with Gasteiger partial charge in [-0.15, -0.1) is 0 Å². The molecule has 0 radical (unpaired) electrons. The van der Waals surface area contributed by atoms with E-state index in [1.807, 2.05) is 0 Å². The number of anilines is 2. The molecule has 1 heterocycles. The number of nitrogens with one attached hydrogen (secondary N) is 1. The number of ether oxygens (including phenoxy) is 1. The van der Waals surface area contributed by atoms with E-state index in [1.54, 1.807) is 6.21 Å². The highest BCUT2D eigenvalue weighted by atomic mass is 16.5. The lowest BCUT2D eigenvalue weighted by Gasteiger charge is -2.29. The summed E-state index contributed by atoms with van der Waals surface area (Å²) in [6.45, 7) is 1.44. The van der Waals surface area contributed by atoms with E-state index in [4.69, 9.17) is 4.74 Å². The molecule has 1 fully saturated rings. The molecule has 0 bridgehead atoms. The monoisotopic (exact) mass is 443 g/mol. The Morgan fingerprint density at radius 2 is 1.88 bits per heavy atom. The van der Waals surface area contributed by atoms with Crippen LogP contribution < -0.4 is 10.2 Å². The minimum absolute atomic E-state index is 0.259. The molecule has 2 aromatic carbocycles. The second-order valence-corrected chi connectivity index (χ2v) is 9.45. The Bertz CT molecular complexity index is 1080. The van der Waals surface area contributed by atoms with Crippen LogP contribution in [-0.4, -0.2) is 39.4 Å². The fourth-order valence-corrected chi connectivity index (χ4v) is 5.12. The summed E-state index contributed by atoms with van der Waals surface area (Å²) in [6, 6.07) is 16.0. The quantitative estimate of drug-likeness (QED) is 0.595. The first-order valence-electron chi connectivity index (χ1n) is 12.2. The van der Waals surface area contributed by atoms with Crippen LogP contribution in [-0.2, 0) is 16.0 Å². The first-order valence-corrected chi connectivity index (χ1v) is 12.2. The average molecular weight is 444 g/mol. The number of esters is 1. The third-order valence-electron chi connectivity index (χ3n) is 7.29. The van der Waals surface area contributed by atoms with E-state index in [2.05, 4.69) is 64.7 Å². The zero-order chi connectivity index (χ0) is 22.8. The van der Waals surface area contributed by atoms with Gasteiger partial charge in [0.1, 0.15) is 0 Å². The van der Waals surface area contributed by atoms with Gasteiger partial charge in [0.05, 0.1) is 18.4 Å². The maximum atomic E-state index is 12.1. The largest absolute Gasteiger partial charge is 0.466 e. The van der Waals surface area contributed by atoms with Crippen molar-refractivity contribution in [2.45, 2.75) is 50.4 Å². The third kappa shape index (κ3) is 4.68. The van der Waals surface area contributed by atoms with Gasteiger partial charge < -0.3 is 15.0 Å². The van der Waals surface area contributed by atoms with Gasteiger partial charge in [-0.2, -0.15) is 0 Å². The normalized spacial score (nSPS) is 19.8. The van der Waals surface area contributed by atoms with Gasteiger partial charge in [0.2, 0.25) is 0 Å². The van der Waals surface area contributed by atoms with Gasteiger partial charge in [0, 0.05) is 50.1 Å². The van der Waals surface area contributed by atoms with Crippen LogP contribution in [0.3, 0.4) is 0 Å². The molecule has 0 aromatic heterocycles. The van der Waals surface area contributed by atoms with Crippen molar-refractivity contribution in [2.24, 2.45) is 4.99 Å². The van der Waals surface area contributed by atoms with Crippen LogP contribution >= 0.6 is 0 Å². The number of hydrogen-bond acceptors (Lipinski definition) is 5. The second kappa shape index (κ2) is 9.42.